The number of hydrogen-bond acceptors (Lipinski definition) is 2. The van der Waals surface area contributed by atoms with Crippen molar-refractivity contribution in [2.45, 2.75) is 45.2 Å². The van der Waals surface area contributed by atoms with Gasteiger partial charge in [-0.1, -0.05) is 19.1 Å². The quantitative estimate of drug-likeness (QED) is 0.878. The number of halogens is 1. The minimum Gasteiger partial charge on any atom is -0.310 e. The Morgan fingerprint density at radius 3 is 3.00 bits per heavy atom. The van der Waals surface area contributed by atoms with Crippen LogP contribution in [0.1, 0.15) is 38.2 Å². The van der Waals surface area contributed by atoms with Crippen LogP contribution in [-0.2, 0) is 6.54 Å². The summed E-state index contributed by atoms with van der Waals surface area (Å²) in [6.45, 7) is 6.65. The van der Waals surface area contributed by atoms with Gasteiger partial charge in [-0.25, -0.2) is 4.39 Å². The molecule has 1 aliphatic heterocycles. The number of likely N-dealkylation sites (tertiary alicyclic amines) is 1. The molecule has 0 spiro atoms. The van der Waals surface area contributed by atoms with Gasteiger partial charge in [-0.2, -0.15) is 0 Å². The van der Waals surface area contributed by atoms with Crippen molar-refractivity contribution in [3.05, 3.63) is 35.6 Å². The second-order valence-corrected chi connectivity index (χ2v) is 5.48. The van der Waals surface area contributed by atoms with Gasteiger partial charge in [0.2, 0.25) is 0 Å². The van der Waals surface area contributed by atoms with Gasteiger partial charge in [0.15, 0.2) is 0 Å². The van der Waals surface area contributed by atoms with Crippen LogP contribution >= 0.6 is 0 Å². The molecule has 1 saturated heterocycles. The van der Waals surface area contributed by atoms with Crippen LogP contribution in [0.15, 0.2) is 24.3 Å². The molecule has 0 bridgehead atoms. The van der Waals surface area contributed by atoms with E-state index in [1.165, 1.54) is 51.4 Å². The van der Waals surface area contributed by atoms with Crippen molar-refractivity contribution in [3.63, 3.8) is 0 Å². The van der Waals surface area contributed by atoms with Crippen LogP contribution in [0.4, 0.5) is 4.39 Å². The van der Waals surface area contributed by atoms with E-state index >= 15 is 0 Å². The lowest BCUT2D eigenvalue weighted by atomic mass is 10.1. The summed E-state index contributed by atoms with van der Waals surface area (Å²) in [7, 11) is 0. The average molecular weight is 264 g/mol. The summed E-state index contributed by atoms with van der Waals surface area (Å²) in [5.74, 6) is -0.144. The van der Waals surface area contributed by atoms with E-state index in [0.29, 0.717) is 6.04 Å². The van der Waals surface area contributed by atoms with Gasteiger partial charge in [0.25, 0.3) is 0 Å². The third kappa shape index (κ3) is 4.92. The monoisotopic (exact) mass is 264 g/mol. The fourth-order valence-corrected chi connectivity index (χ4v) is 2.81. The lowest BCUT2D eigenvalue weighted by molar-refractivity contribution is 0.282. The molecule has 0 aliphatic carbocycles. The molecule has 1 N–H and O–H groups in total. The van der Waals surface area contributed by atoms with Gasteiger partial charge in [-0.05, 0) is 63.0 Å². The second-order valence-electron chi connectivity index (χ2n) is 5.48. The molecule has 3 heteroatoms. The van der Waals surface area contributed by atoms with Crippen LogP contribution in [0.3, 0.4) is 0 Å². The van der Waals surface area contributed by atoms with Crippen molar-refractivity contribution in [1.29, 1.82) is 0 Å². The first kappa shape index (κ1) is 14.5. The van der Waals surface area contributed by atoms with Crippen LogP contribution in [0.2, 0.25) is 0 Å². The fourth-order valence-electron chi connectivity index (χ4n) is 2.81. The molecule has 2 nitrogen and oxygen atoms in total. The lowest BCUT2D eigenvalue weighted by Crippen LogP contribution is -2.30. The highest BCUT2D eigenvalue weighted by molar-refractivity contribution is 5.16. The maximum atomic E-state index is 13.1. The van der Waals surface area contributed by atoms with Crippen LogP contribution in [0, 0.1) is 5.82 Å². The number of rotatable bonds is 5. The van der Waals surface area contributed by atoms with Gasteiger partial charge < -0.3 is 10.2 Å². The van der Waals surface area contributed by atoms with Crippen molar-refractivity contribution in [2.24, 2.45) is 0 Å². The predicted octanol–water partition coefficient (Wildman–Crippen LogP) is 3.18. The van der Waals surface area contributed by atoms with Crippen LogP contribution in [0.25, 0.3) is 0 Å². The molecule has 0 radical (unpaired) electrons. The van der Waals surface area contributed by atoms with Gasteiger partial charge in [-0.15, -0.1) is 0 Å². The first-order valence-corrected chi connectivity index (χ1v) is 7.48. The van der Waals surface area contributed by atoms with E-state index in [1.807, 2.05) is 6.07 Å². The number of hydrogen-bond donors (Lipinski definition) is 1. The van der Waals surface area contributed by atoms with E-state index in [2.05, 4.69) is 17.1 Å². The van der Waals surface area contributed by atoms with Crippen molar-refractivity contribution in [3.8, 4) is 0 Å². The maximum Gasteiger partial charge on any atom is 0.123 e. The van der Waals surface area contributed by atoms with Gasteiger partial charge in [0.1, 0.15) is 5.82 Å². The molecule has 2 rings (SSSR count). The molecule has 1 atom stereocenters. The largest absolute Gasteiger partial charge is 0.310 e. The number of nitrogens with one attached hydrogen (secondary N) is 1. The minimum absolute atomic E-state index is 0.144. The Morgan fingerprint density at radius 1 is 1.32 bits per heavy atom. The summed E-state index contributed by atoms with van der Waals surface area (Å²) in [5, 5.41) is 3.57. The fraction of sp³-hybridized carbons (Fsp3) is 0.625. The maximum absolute atomic E-state index is 13.1. The Hall–Kier alpha value is -0.930. The van der Waals surface area contributed by atoms with E-state index in [-0.39, 0.29) is 5.82 Å². The van der Waals surface area contributed by atoms with E-state index in [4.69, 9.17) is 0 Å². The lowest BCUT2D eigenvalue weighted by Gasteiger charge is -2.19. The van der Waals surface area contributed by atoms with Crippen molar-refractivity contribution < 1.29 is 4.39 Å². The van der Waals surface area contributed by atoms with E-state index in [9.17, 15) is 4.39 Å². The summed E-state index contributed by atoms with van der Waals surface area (Å²) in [6, 6.07) is 7.45. The molecule has 1 aromatic carbocycles. The smallest absolute Gasteiger partial charge is 0.123 e. The van der Waals surface area contributed by atoms with E-state index < -0.39 is 0 Å². The molecular weight excluding hydrogens is 239 g/mol. The third-order valence-electron chi connectivity index (χ3n) is 3.84. The Bertz CT molecular complexity index is 381. The molecule has 19 heavy (non-hydrogen) atoms. The average Bonchev–Trinajstić information content (AvgIpc) is 2.63. The molecular formula is C16H25FN2. The molecule has 1 fully saturated rings. The van der Waals surface area contributed by atoms with E-state index in [1.54, 1.807) is 12.1 Å². The van der Waals surface area contributed by atoms with Crippen molar-refractivity contribution in [2.75, 3.05) is 19.6 Å². The Balaban J connectivity index is 1.77. The number of nitrogens with zero attached hydrogens (tertiary/aromatic N) is 1. The highest BCUT2D eigenvalue weighted by Crippen LogP contribution is 2.12. The SMILES string of the molecule is CCCN1CCCC(NCc2cccc(F)c2)CC1. The molecule has 1 aliphatic rings. The summed E-state index contributed by atoms with van der Waals surface area (Å²) in [4.78, 5) is 2.56. The normalized spacial score (nSPS) is 21.3. The molecule has 0 saturated carbocycles. The molecule has 1 heterocycles. The van der Waals surface area contributed by atoms with E-state index in [0.717, 1.165) is 12.1 Å². The minimum atomic E-state index is -0.144. The van der Waals surface area contributed by atoms with Crippen LogP contribution in [0.5, 0.6) is 0 Å². The Morgan fingerprint density at radius 2 is 2.21 bits per heavy atom. The zero-order valence-electron chi connectivity index (χ0n) is 11.9. The Labute approximate surface area is 116 Å². The van der Waals surface area contributed by atoms with Gasteiger partial charge >= 0.3 is 0 Å². The predicted molar refractivity (Wildman–Crippen MR) is 77.6 cm³/mol. The summed E-state index contributed by atoms with van der Waals surface area (Å²) >= 11 is 0. The molecule has 1 unspecified atom stereocenters. The standard InChI is InChI=1S/C16H25FN2/c1-2-9-19-10-4-7-16(8-11-19)18-13-14-5-3-6-15(17)12-14/h3,5-6,12,16,18H,2,4,7-11,13H2,1H3. The van der Waals surface area contributed by atoms with Gasteiger partial charge in [0.05, 0.1) is 0 Å². The van der Waals surface area contributed by atoms with Gasteiger partial charge in [0, 0.05) is 12.6 Å². The zero-order valence-corrected chi connectivity index (χ0v) is 11.9. The van der Waals surface area contributed by atoms with Crippen LogP contribution < -0.4 is 5.32 Å². The highest BCUT2D eigenvalue weighted by atomic mass is 19.1. The topological polar surface area (TPSA) is 15.3 Å². The zero-order chi connectivity index (χ0) is 13.5. The first-order chi connectivity index (χ1) is 9.28. The van der Waals surface area contributed by atoms with Crippen molar-refractivity contribution in [1.82, 2.24) is 10.2 Å². The second kappa shape index (κ2) is 7.61. The first-order valence-electron chi connectivity index (χ1n) is 7.48. The van der Waals surface area contributed by atoms with Gasteiger partial charge in [-0.3, -0.25) is 0 Å². The molecule has 0 amide bonds. The molecule has 0 aromatic heterocycles. The molecule has 1 aromatic rings. The molecule has 106 valence electrons. The summed E-state index contributed by atoms with van der Waals surface area (Å²) < 4.78 is 13.1. The number of benzene rings is 1. The summed E-state index contributed by atoms with van der Waals surface area (Å²) in [5.41, 5.74) is 1.04. The van der Waals surface area contributed by atoms with Crippen molar-refractivity contribution >= 4 is 0 Å². The summed E-state index contributed by atoms with van der Waals surface area (Å²) in [6.07, 6.45) is 4.94. The highest BCUT2D eigenvalue weighted by Gasteiger charge is 2.15. The van der Waals surface area contributed by atoms with Crippen LogP contribution in [-0.4, -0.2) is 30.6 Å². The Kier molecular flexibility index (Phi) is 5.80. The third-order valence-corrected chi connectivity index (χ3v) is 3.84.